The van der Waals surface area contributed by atoms with Crippen molar-refractivity contribution >= 4 is 21.8 Å². The average molecular weight is 341 g/mol. The summed E-state index contributed by atoms with van der Waals surface area (Å²) in [6, 6.07) is 4.73. The standard InChI is InChI=1S/C15H18BrFN2O/c16-11-3-1-4-12(17)13(11)14(20)19-10-5-8-18-15(9-10)6-2-7-15/h1,3-4,10,18H,2,5-9H2,(H,19,20). The van der Waals surface area contributed by atoms with Crippen LogP contribution in [0, 0.1) is 5.82 Å². The van der Waals surface area contributed by atoms with Crippen molar-refractivity contribution in [3.63, 3.8) is 0 Å². The summed E-state index contributed by atoms with van der Waals surface area (Å²) in [5.41, 5.74) is 0.330. The number of benzene rings is 1. The van der Waals surface area contributed by atoms with Gasteiger partial charge in [-0.05, 0) is 66.7 Å². The fourth-order valence-electron chi connectivity index (χ4n) is 3.24. The summed E-state index contributed by atoms with van der Waals surface area (Å²) in [5.74, 6) is -0.805. The molecule has 20 heavy (non-hydrogen) atoms. The Morgan fingerprint density at radius 1 is 1.45 bits per heavy atom. The van der Waals surface area contributed by atoms with E-state index >= 15 is 0 Å². The minimum Gasteiger partial charge on any atom is -0.349 e. The topological polar surface area (TPSA) is 41.1 Å². The fraction of sp³-hybridized carbons (Fsp3) is 0.533. The number of hydrogen-bond donors (Lipinski definition) is 2. The lowest BCUT2D eigenvalue weighted by molar-refractivity contribution is 0.0848. The van der Waals surface area contributed by atoms with Gasteiger partial charge in [0.1, 0.15) is 5.82 Å². The molecule has 1 spiro atoms. The van der Waals surface area contributed by atoms with Crippen molar-refractivity contribution in [2.45, 2.75) is 43.7 Å². The summed E-state index contributed by atoms with van der Waals surface area (Å²) in [7, 11) is 0. The molecule has 1 saturated carbocycles. The molecule has 1 unspecified atom stereocenters. The Kier molecular flexibility index (Phi) is 3.82. The number of piperidine rings is 1. The van der Waals surface area contributed by atoms with E-state index in [1.54, 1.807) is 12.1 Å². The highest BCUT2D eigenvalue weighted by atomic mass is 79.9. The second-order valence-electron chi connectivity index (χ2n) is 5.82. The van der Waals surface area contributed by atoms with Gasteiger partial charge >= 0.3 is 0 Å². The van der Waals surface area contributed by atoms with Crippen LogP contribution in [0.1, 0.15) is 42.5 Å². The van der Waals surface area contributed by atoms with E-state index in [-0.39, 0.29) is 23.1 Å². The molecule has 3 nitrogen and oxygen atoms in total. The van der Waals surface area contributed by atoms with Crippen LogP contribution in [-0.2, 0) is 0 Å². The normalized spacial score (nSPS) is 24.2. The molecule has 1 aromatic rings. The molecule has 1 atom stereocenters. The fourth-order valence-corrected chi connectivity index (χ4v) is 3.76. The summed E-state index contributed by atoms with van der Waals surface area (Å²) >= 11 is 3.25. The van der Waals surface area contributed by atoms with E-state index in [1.807, 2.05) is 0 Å². The Hall–Kier alpha value is -0.940. The van der Waals surface area contributed by atoms with Crippen LogP contribution in [0.25, 0.3) is 0 Å². The summed E-state index contributed by atoms with van der Waals surface area (Å²) < 4.78 is 14.3. The zero-order valence-electron chi connectivity index (χ0n) is 11.2. The summed E-state index contributed by atoms with van der Waals surface area (Å²) in [6.45, 7) is 0.920. The smallest absolute Gasteiger partial charge is 0.255 e. The van der Waals surface area contributed by atoms with Gasteiger partial charge < -0.3 is 10.6 Å². The van der Waals surface area contributed by atoms with Crippen molar-refractivity contribution < 1.29 is 9.18 Å². The molecule has 1 aromatic carbocycles. The minimum absolute atomic E-state index is 0.105. The van der Waals surface area contributed by atoms with Gasteiger partial charge in [-0.1, -0.05) is 6.07 Å². The molecule has 0 aromatic heterocycles. The van der Waals surface area contributed by atoms with E-state index in [1.165, 1.54) is 25.3 Å². The van der Waals surface area contributed by atoms with Crippen LogP contribution >= 0.6 is 15.9 Å². The molecule has 2 aliphatic rings. The number of rotatable bonds is 2. The molecule has 5 heteroatoms. The Balaban J connectivity index is 1.69. The molecule has 1 saturated heterocycles. The van der Waals surface area contributed by atoms with Crippen LogP contribution in [0.5, 0.6) is 0 Å². The molecule has 1 aliphatic heterocycles. The molecule has 0 bridgehead atoms. The van der Waals surface area contributed by atoms with E-state index < -0.39 is 5.82 Å². The number of amides is 1. The summed E-state index contributed by atoms with van der Waals surface area (Å²) in [6.07, 6.45) is 5.47. The predicted molar refractivity (Wildman–Crippen MR) is 79.2 cm³/mol. The third-order valence-electron chi connectivity index (χ3n) is 4.47. The van der Waals surface area contributed by atoms with Crippen LogP contribution in [0.2, 0.25) is 0 Å². The van der Waals surface area contributed by atoms with Crippen LogP contribution in [0.15, 0.2) is 22.7 Å². The highest BCUT2D eigenvalue weighted by molar-refractivity contribution is 9.10. The number of hydrogen-bond acceptors (Lipinski definition) is 2. The van der Waals surface area contributed by atoms with Gasteiger partial charge in [-0.15, -0.1) is 0 Å². The second-order valence-corrected chi connectivity index (χ2v) is 6.67. The monoisotopic (exact) mass is 340 g/mol. The van der Waals surface area contributed by atoms with Gasteiger partial charge in [-0.3, -0.25) is 4.79 Å². The number of halogens is 2. The Morgan fingerprint density at radius 3 is 2.90 bits per heavy atom. The molecule has 1 heterocycles. The van der Waals surface area contributed by atoms with Crippen molar-refractivity contribution in [3.8, 4) is 0 Å². The van der Waals surface area contributed by atoms with Gasteiger partial charge in [0.15, 0.2) is 0 Å². The molecule has 1 aliphatic carbocycles. The molecule has 3 rings (SSSR count). The second kappa shape index (κ2) is 5.45. The number of nitrogens with one attached hydrogen (secondary N) is 2. The van der Waals surface area contributed by atoms with Gasteiger partial charge in [-0.2, -0.15) is 0 Å². The van der Waals surface area contributed by atoms with E-state index in [0.717, 1.165) is 19.4 Å². The first kappa shape index (κ1) is 14.0. The van der Waals surface area contributed by atoms with E-state index in [0.29, 0.717) is 4.47 Å². The van der Waals surface area contributed by atoms with E-state index in [4.69, 9.17) is 0 Å². The highest BCUT2D eigenvalue weighted by Crippen LogP contribution is 2.38. The first-order valence-electron chi connectivity index (χ1n) is 7.10. The van der Waals surface area contributed by atoms with E-state index in [9.17, 15) is 9.18 Å². The first-order chi connectivity index (χ1) is 9.60. The maximum atomic E-state index is 13.8. The lowest BCUT2D eigenvalue weighted by atomic mass is 9.70. The van der Waals surface area contributed by atoms with Crippen LogP contribution in [0.4, 0.5) is 4.39 Å². The van der Waals surface area contributed by atoms with Crippen LogP contribution in [-0.4, -0.2) is 24.0 Å². The van der Waals surface area contributed by atoms with Gasteiger partial charge in [-0.25, -0.2) is 4.39 Å². The zero-order chi connectivity index (χ0) is 14.2. The van der Waals surface area contributed by atoms with Gasteiger partial charge in [0.05, 0.1) is 5.56 Å². The molecule has 108 valence electrons. The minimum atomic E-state index is -0.482. The lowest BCUT2D eigenvalue weighted by Gasteiger charge is -2.48. The van der Waals surface area contributed by atoms with Crippen LogP contribution in [0.3, 0.4) is 0 Å². The maximum Gasteiger partial charge on any atom is 0.255 e. The molecule has 0 radical (unpaired) electrons. The summed E-state index contributed by atoms with van der Waals surface area (Å²) in [5, 5.41) is 6.55. The van der Waals surface area contributed by atoms with Gasteiger partial charge in [0, 0.05) is 16.1 Å². The van der Waals surface area contributed by atoms with Gasteiger partial charge in [0.2, 0.25) is 0 Å². The van der Waals surface area contributed by atoms with Gasteiger partial charge in [0.25, 0.3) is 5.91 Å². The van der Waals surface area contributed by atoms with Crippen molar-refractivity contribution in [2.75, 3.05) is 6.54 Å². The summed E-state index contributed by atoms with van der Waals surface area (Å²) in [4.78, 5) is 12.3. The number of carbonyl (C=O) groups is 1. The quantitative estimate of drug-likeness (QED) is 0.868. The Morgan fingerprint density at radius 2 is 2.25 bits per heavy atom. The van der Waals surface area contributed by atoms with Crippen molar-refractivity contribution in [3.05, 3.63) is 34.1 Å². The molecule has 2 N–H and O–H groups in total. The number of carbonyl (C=O) groups excluding carboxylic acids is 1. The lowest BCUT2D eigenvalue weighted by Crippen LogP contribution is -2.59. The molecular weight excluding hydrogens is 323 g/mol. The average Bonchev–Trinajstić information content (AvgIpc) is 2.37. The molecule has 1 amide bonds. The highest BCUT2D eigenvalue weighted by Gasteiger charge is 2.41. The van der Waals surface area contributed by atoms with Crippen LogP contribution < -0.4 is 10.6 Å². The first-order valence-corrected chi connectivity index (χ1v) is 7.89. The Labute approximate surface area is 126 Å². The zero-order valence-corrected chi connectivity index (χ0v) is 12.8. The molecular formula is C15H18BrFN2O. The predicted octanol–water partition coefficient (Wildman–Crippen LogP) is 2.99. The van der Waals surface area contributed by atoms with Crippen molar-refractivity contribution in [1.82, 2.24) is 10.6 Å². The van der Waals surface area contributed by atoms with E-state index in [2.05, 4.69) is 26.6 Å². The largest absolute Gasteiger partial charge is 0.349 e. The third-order valence-corrected chi connectivity index (χ3v) is 5.13. The third kappa shape index (κ3) is 2.61. The maximum absolute atomic E-state index is 13.8. The SMILES string of the molecule is O=C(NC1CCNC2(CCC2)C1)c1c(F)cccc1Br. The Bertz CT molecular complexity index is 510. The van der Waals surface area contributed by atoms with Crippen molar-refractivity contribution in [2.24, 2.45) is 0 Å². The molecule has 2 fully saturated rings. The van der Waals surface area contributed by atoms with Crippen molar-refractivity contribution in [1.29, 1.82) is 0 Å².